The number of ketones is 1. The third-order valence-electron chi connectivity index (χ3n) is 4.12. The Kier molecular flexibility index (Phi) is 6.90. The van der Waals surface area contributed by atoms with Crippen molar-refractivity contribution in [2.24, 2.45) is 0 Å². The van der Waals surface area contributed by atoms with Crippen LogP contribution in [0.15, 0.2) is 27.8 Å². The molecule has 0 spiro atoms. The van der Waals surface area contributed by atoms with Gasteiger partial charge in [-0.2, -0.15) is 0 Å². The molecule has 9 heteroatoms. The number of benzene rings is 1. The molecule has 28 heavy (non-hydrogen) atoms. The summed E-state index contributed by atoms with van der Waals surface area (Å²) in [5, 5.41) is 4.68. The van der Waals surface area contributed by atoms with Gasteiger partial charge in [-0.15, -0.1) is 11.3 Å². The minimum Gasteiger partial charge on any atom is -0.307 e. The van der Waals surface area contributed by atoms with Crippen molar-refractivity contribution in [3.63, 3.8) is 0 Å². The fraction of sp³-hybridized carbons (Fsp3) is 0.368. The van der Waals surface area contributed by atoms with Crippen LogP contribution in [-0.4, -0.2) is 20.2 Å². The van der Waals surface area contributed by atoms with Crippen molar-refractivity contribution in [1.29, 1.82) is 0 Å². The number of urea groups is 1. The Bertz CT molecular complexity index is 982. The maximum Gasteiger partial charge on any atom is 0.333 e. The Morgan fingerprint density at radius 2 is 1.57 bits per heavy atom. The van der Waals surface area contributed by atoms with Gasteiger partial charge in [-0.25, -0.2) is 17.9 Å². The summed E-state index contributed by atoms with van der Waals surface area (Å²) in [5.41, 5.74) is 2.47. The average molecular weight is 443 g/mol. The normalized spacial score (nSPS) is 11.7. The van der Waals surface area contributed by atoms with Crippen LogP contribution in [0.25, 0.3) is 0 Å². The second-order valence-electron chi connectivity index (χ2n) is 7.04. The second kappa shape index (κ2) is 8.63. The maximum absolute atomic E-state index is 12.5. The first kappa shape index (κ1) is 22.4. The summed E-state index contributed by atoms with van der Waals surface area (Å²) in [6, 6.07) is 3.91. The zero-order valence-corrected chi connectivity index (χ0v) is 18.7. The Labute approximate surface area is 174 Å². The molecule has 0 saturated heterocycles. The van der Waals surface area contributed by atoms with Gasteiger partial charge in [0.1, 0.15) is 4.21 Å². The molecule has 6 nitrogen and oxygen atoms in total. The maximum atomic E-state index is 12.5. The number of nitrogens with one attached hydrogen (secondary N) is 2. The zero-order valence-electron chi connectivity index (χ0n) is 16.3. The quantitative estimate of drug-likeness (QED) is 0.589. The summed E-state index contributed by atoms with van der Waals surface area (Å²) >= 11 is 7.09. The van der Waals surface area contributed by atoms with Gasteiger partial charge in [0.2, 0.25) is 0 Å². The number of carbonyl (C=O) groups is 2. The van der Waals surface area contributed by atoms with E-state index in [0.717, 1.165) is 22.5 Å². The number of hydrogen-bond acceptors (Lipinski definition) is 5. The summed E-state index contributed by atoms with van der Waals surface area (Å²) in [7, 11) is -4.09. The van der Waals surface area contributed by atoms with Gasteiger partial charge < -0.3 is 5.32 Å². The van der Waals surface area contributed by atoms with Crippen LogP contribution in [0.2, 0.25) is 5.02 Å². The number of sulfonamides is 1. The van der Waals surface area contributed by atoms with E-state index in [1.54, 1.807) is 12.1 Å². The third-order valence-corrected chi connectivity index (χ3v) is 7.11. The number of rotatable bonds is 6. The van der Waals surface area contributed by atoms with Crippen LogP contribution in [0.3, 0.4) is 0 Å². The van der Waals surface area contributed by atoms with E-state index in [1.165, 1.54) is 18.4 Å². The molecule has 0 fully saturated rings. The SMILES string of the molecule is CC(=O)c1csc(S(=O)(=O)NC(=O)Nc2c(C(C)C)cc(Cl)cc2C(C)C)c1. The summed E-state index contributed by atoms with van der Waals surface area (Å²) < 4.78 is 26.8. The fourth-order valence-corrected chi connectivity index (χ4v) is 5.02. The Balaban J connectivity index is 2.33. The first-order valence-corrected chi connectivity index (χ1v) is 11.4. The highest BCUT2D eigenvalue weighted by Crippen LogP contribution is 2.35. The molecule has 2 N–H and O–H groups in total. The molecule has 0 aliphatic carbocycles. The second-order valence-corrected chi connectivity index (χ2v) is 10.3. The predicted octanol–water partition coefficient (Wildman–Crippen LogP) is 5.36. The van der Waals surface area contributed by atoms with Crippen molar-refractivity contribution in [1.82, 2.24) is 4.72 Å². The molecule has 0 bridgehead atoms. The Hall–Kier alpha value is -1.90. The van der Waals surface area contributed by atoms with Crippen molar-refractivity contribution in [2.75, 3.05) is 5.32 Å². The monoisotopic (exact) mass is 442 g/mol. The van der Waals surface area contributed by atoms with Crippen molar-refractivity contribution in [3.05, 3.63) is 45.3 Å². The van der Waals surface area contributed by atoms with E-state index in [9.17, 15) is 18.0 Å². The average Bonchev–Trinajstić information content (AvgIpc) is 3.06. The largest absolute Gasteiger partial charge is 0.333 e. The molecule has 2 aromatic rings. The lowest BCUT2D eigenvalue weighted by Crippen LogP contribution is -2.34. The summed E-state index contributed by atoms with van der Waals surface area (Å²) in [4.78, 5) is 23.9. The number of anilines is 1. The lowest BCUT2D eigenvalue weighted by Gasteiger charge is -2.21. The van der Waals surface area contributed by atoms with Crippen molar-refractivity contribution < 1.29 is 18.0 Å². The molecule has 1 heterocycles. The van der Waals surface area contributed by atoms with E-state index < -0.39 is 16.1 Å². The Morgan fingerprint density at radius 3 is 2.00 bits per heavy atom. The molecule has 1 aromatic heterocycles. The molecule has 2 rings (SSSR count). The van der Waals surface area contributed by atoms with Crippen LogP contribution in [0, 0.1) is 0 Å². The first-order chi connectivity index (χ1) is 12.9. The van der Waals surface area contributed by atoms with Crippen LogP contribution >= 0.6 is 22.9 Å². The molecular formula is C19H23ClN2O4S2. The molecule has 0 saturated carbocycles. The van der Waals surface area contributed by atoms with Crippen LogP contribution in [0.4, 0.5) is 10.5 Å². The number of Topliss-reactive ketones (excluding diaryl/α,β-unsaturated/α-hetero) is 1. The number of thiophene rings is 1. The number of carbonyl (C=O) groups excluding carboxylic acids is 2. The lowest BCUT2D eigenvalue weighted by molar-refractivity contribution is 0.101. The molecule has 0 radical (unpaired) electrons. The third kappa shape index (κ3) is 5.12. The highest BCUT2D eigenvalue weighted by Gasteiger charge is 2.23. The molecule has 0 unspecified atom stereocenters. The van der Waals surface area contributed by atoms with Crippen LogP contribution in [0.5, 0.6) is 0 Å². The van der Waals surface area contributed by atoms with Gasteiger partial charge in [0.05, 0.1) is 0 Å². The van der Waals surface area contributed by atoms with Gasteiger partial charge in [0, 0.05) is 21.7 Å². The van der Waals surface area contributed by atoms with Crippen molar-refractivity contribution in [3.8, 4) is 0 Å². The van der Waals surface area contributed by atoms with Crippen molar-refractivity contribution in [2.45, 2.75) is 50.7 Å². The summed E-state index contributed by atoms with van der Waals surface area (Å²) in [6.45, 7) is 9.20. The van der Waals surface area contributed by atoms with Gasteiger partial charge in [-0.05, 0) is 48.1 Å². The minimum absolute atomic E-state index is 0.0681. The lowest BCUT2D eigenvalue weighted by atomic mass is 9.92. The number of halogens is 1. The number of amides is 2. The van der Waals surface area contributed by atoms with E-state index in [4.69, 9.17) is 11.6 Å². The Morgan fingerprint density at radius 1 is 1.04 bits per heavy atom. The standard InChI is InChI=1S/C19H23ClN2O4S2/c1-10(2)15-7-14(20)8-16(11(3)4)18(15)21-19(24)22-28(25,26)17-6-13(9-27-17)12(5)23/h6-11H,1-5H3,(H2,21,22,24). The molecule has 2 amide bonds. The molecule has 0 aliphatic heterocycles. The van der Waals surface area contributed by atoms with Crippen LogP contribution in [-0.2, 0) is 10.0 Å². The molecule has 0 atom stereocenters. The van der Waals surface area contributed by atoms with Crippen molar-refractivity contribution >= 4 is 50.5 Å². The summed E-state index contributed by atoms with van der Waals surface area (Å²) in [5.74, 6) is -0.108. The van der Waals surface area contributed by atoms with Crippen LogP contribution < -0.4 is 10.0 Å². The van der Waals surface area contributed by atoms with Crippen LogP contribution in [0.1, 0.15) is 67.9 Å². The van der Waals surface area contributed by atoms with Gasteiger partial charge in [0.25, 0.3) is 10.0 Å². The van der Waals surface area contributed by atoms with E-state index in [1.807, 2.05) is 32.4 Å². The van der Waals surface area contributed by atoms with E-state index in [-0.39, 0.29) is 27.4 Å². The minimum atomic E-state index is -4.09. The highest BCUT2D eigenvalue weighted by molar-refractivity contribution is 7.92. The topological polar surface area (TPSA) is 92.3 Å². The van der Waals surface area contributed by atoms with E-state index >= 15 is 0 Å². The first-order valence-electron chi connectivity index (χ1n) is 8.69. The van der Waals surface area contributed by atoms with Gasteiger partial charge in [-0.3, -0.25) is 4.79 Å². The highest BCUT2D eigenvalue weighted by atomic mass is 35.5. The predicted molar refractivity (Wildman–Crippen MR) is 113 cm³/mol. The van der Waals surface area contributed by atoms with Gasteiger partial charge in [-0.1, -0.05) is 39.3 Å². The smallest absolute Gasteiger partial charge is 0.307 e. The van der Waals surface area contributed by atoms with Gasteiger partial charge >= 0.3 is 6.03 Å². The van der Waals surface area contributed by atoms with E-state index in [2.05, 4.69) is 5.32 Å². The van der Waals surface area contributed by atoms with E-state index in [0.29, 0.717) is 10.7 Å². The fourth-order valence-electron chi connectivity index (χ4n) is 2.66. The zero-order chi connectivity index (χ0) is 21.2. The summed E-state index contributed by atoms with van der Waals surface area (Å²) in [6.07, 6.45) is 0. The number of hydrogen-bond donors (Lipinski definition) is 2. The molecular weight excluding hydrogens is 420 g/mol. The molecule has 152 valence electrons. The van der Waals surface area contributed by atoms with Gasteiger partial charge in [0.15, 0.2) is 5.78 Å². The molecule has 1 aromatic carbocycles. The molecule has 0 aliphatic rings.